The van der Waals surface area contributed by atoms with Crippen LogP contribution in [0, 0.1) is 0 Å². The van der Waals surface area contributed by atoms with E-state index in [2.05, 4.69) is 18.5 Å². The van der Waals surface area contributed by atoms with Gasteiger partial charge < -0.3 is 19.5 Å². The summed E-state index contributed by atoms with van der Waals surface area (Å²) in [5, 5.41) is 2.86. The molecule has 1 aliphatic heterocycles. The van der Waals surface area contributed by atoms with E-state index in [4.69, 9.17) is 14.2 Å². The zero-order chi connectivity index (χ0) is 16.4. The van der Waals surface area contributed by atoms with E-state index in [1.807, 2.05) is 0 Å². The maximum absolute atomic E-state index is 11.6. The number of nitrogens with zero attached hydrogens (tertiary/aromatic N) is 1. The van der Waals surface area contributed by atoms with Gasteiger partial charge in [-0.1, -0.05) is 13.2 Å². The Morgan fingerprint density at radius 2 is 1.86 bits per heavy atom. The molecule has 0 aromatic heterocycles. The summed E-state index contributed by atoms with van der Waals surface area (Å²) in [5.74, 6) is -0.0106. The average molecular weight is 310 g/mol. The molecule has 0 aromatic carbocycles. The van der Waals surface area contributed by atoms with E-state index in [9.17, 15) is 9.59 Å². The summed E-state index contributed by atoms with van der Waals surface area (Å²) < 4.78 is 15.5. The summed E-state index contributed by atoms with van der Waals surface area (Å²) in [6.07, 6.45) is 2.99. The third-order valence-electron chi connectivity index (χ3n) is 2.71. The predicted molar refractivity (Wildman–Crippen MR) is 80.5 cm³/mol. The third kappa shape index (κ3) is 6.55. The Hall–Kier alpha value is -2.12. The van der Waals surface area contributed by atoms with Gasteiger partial charge in [0, 0.05) is 17.8 Å². The summed E-state index contributed by atoms with van der Waals surface area (Å²) in [5.41, 5.74) is 0.363. The van der Waals surface area contributed by atoms with Crippen LogP contribution in [0.4, 0.5) is 0 Å². The second kappa shape index (κ2) is 9.75. The molecule has 0 aromatic rings. The van der Waals surface area contributed by atoms with Gasteiger partial charge in [0.1, 0.15) is 12.4 Å². The Balaban J connectivity index is 1.97. The smallest absolute Gasteiger partial charge is 0.333 e. The highest BCUT2D eigenvalue weighted by Gasteiger charge is 2.16. The van der Waals surface area contributed by atoms with Crippen molar-refractivity contribution in [2.75, 3.05) is 39.6 Å². The molecule has 1 amide bonds. The van der Waals surface area contributed by atoms with Crippen LogP contribution in [0.25, 0.3) is 0 Å². The van der Waals surface area contributed by atoms with Crippen molar-refractivity contribution in [3.8, 4) is 0 Å². The summed E-state index contributed by atoms with van der Waals surface area (Å²) in [6.45, 7) is 10.9. The zero-order valence-corrected chi connectivity index (χ0v) is 12.8. The van der Waals surface area contributed by atoms with Crippen molar-refractivity contribution in [2.45, 2.75) is 6.92 Å². The van der Waals surface area contributed by atoms with E-state index >= 15 is 0 Å². The molecule has 0 radical (unpaired) electrons. The number of esters is 1. The molecule has 1 heterocycles. The van der Waals surface area contributed by atoms with Gasteiger partial charge in [0.2, 0.25) is 0 Å². The van der Waals surface area contributed by atoms with Crippen molar-refractivity contribution >= 4 is 11.9 Å². The highest BCUT2D eigenvalue weighted by Crippen LogP contribution is 2.04. The SMILES string of the molecule is C=C(C)C(=O)OCCOCCOCCN1C(=C)NC=CC1=O. The van der Waals surface area contributed by atoms with Crippen LogP contribution in [0.3, 0.4) is 0 Å². The van der Waals surface area contributed by atoms with Gasteiger partial charge in [-0.25, -0.2) is 4.79 Å². The molecule has 0 saturated heterocycles. The molecule has 1 aliphatic rings. The number of carbonyl (C=O) groups is 2. The first-order valence-corrected chi connectivity index (χ1v) is 6.94. The minimum Gasteiger partial charge on any atom is -0.460 e. The van der Waals surface area contributed by atoms with Crippen LogP contribution in [-0.2, 0) is 23.8 Å². The largest absolute Gasteiger partial charge is 0.460 e. The molecule has 122 valence electrons. The number of hydrogen-bond acceptors (Lipinski definition) is 6. The lowest BCUT2D eigenvalue weighted by atomic mass is 10.4. The van der Waals surface area contributed by atoms with Crippen LogP contribution in [0.1, 0.15) is 6.92 Å². The lowest BCUT2D eigenvalue weighted by molar-refractivity contribution is -0.140. The summed E-state index contributed by atoms with van der Waals surface area (Å²) >= 11 is 0. The molecule has 0 unspecified atom stereocenters. The van der Waals surface area contributed by atoms with Crippen LogP contribution in [0.15, 0.2) is 36.8 Å². The van der Waals surface area contributed by atoms with Crippen molar-refractivity contribution in [2.24, 2.45) is 0 Å². The van der Waals surface area contributed by atoms with Gasteiger partial charge in [0.25, 0.3) is 5.91 Å². The number of hydrogen-bond donors (Lipinski definition) is 1. The van der Waals surface area contributed by atoms with E-state index < -0.39 is 5.97 Å². The molecule has 1 rings (SSSR count). The van der Waals surface area contributed by atoms with Gasteiger partial charge in [0.15, 0.2) is 0 Å². The van der Waals surface area contributed by atoms with Gasteiger partial charge in [-0.15, -0.1) is 0 Å². The van der Waals surface area contributed by atoms with Crippen molar-refractivity contribution in [3.05, 3.63) is 36.8 Å². The Morgan fingerprint density at radius 3 is 2.50 bits per heavy atom. The third-order valence-corrected chi connectivity index (χ3v) is 2.71. The quantitative estimate of drug-likeness (QED) is 0.361. The second-order valence-corrected chi connectivity index (χ2v) is 4.56. The first-order chi connectivity index (χ1) is 10.5. The van der Waals surface area contributed by atoms with E-state index in [1.54, 1.807) is 13.1 Å². The molecule has 7 heteroatoms. The van der Waals surface area contributed by atoms with Crippen LogP contribution in [-0.4, -0.2) is 56.4 Å². The van der Waals surface area contributed by atoms with Gasteiger partial charge in [0.05, 0.1) is 33.0 Å². The number of carbonyl (C=O) groups excluding carboxylic acids is 2. The van der Waals surface area contributed by atoms with Gasteiger partial charge in [-0.3, -0.25) is 9.69 Å². The van der Waals surface area contributed by atoms with Crippen LogP contribution < -0.4 is 5.32 Å². The molecule has 0 aliphatic carbocycles. The lowest BCUT2D eigenvalue weighted by Crippen LogP contribution is -2.39. The maximum Gasteiger partial charge on any atom is 0.333 e. The molecule has 0 bridgehead atoms. The van der Waals surface area contributed by atoms with Crippen molar-refractivity contribution in [3.63, 3.8) is 0 Å². The summed E-state index contributed by atoms with van der Waals surface area (Å²) in [7, 11) is 0. The Kier molecular flexibility index (Phi) is 7.95. The fraction of sp³-hybridized carbons (Fsp3) is 0.467. The Bertz CT molecular complexity index is 459. The highest BCUT2D eigenvalue weighted by molar-refractivity contribution is 5.89. The molecule has 0 spiro atoms. The number of rotatable bonds is 10. The molecule has 7 nitrogen and oxygen atoms in total. The topological polar surface area (TPSA) is 77.1 Å². The minimum absolute atomic E-state index is 0.122. The molecule has 0 atom stereocenters. The molecular weight excluding hydrogens is 288 g/mol. The van der Waals surface area contributed by atoms with Gasteiger partial charge in [-0.2, -0.15) is 0 Å². The normalized spacial score (nSPS) is 14.0. The number of ether oxygens (including phenoxy) is 3. The van der Waals surface area contributed by atoms with E-state index in [0.717, 1.165) is 0 Å². The second-order valence-electron chi connectivity index (χ2n) is 4.56. The lowest BCUT2D eigenvalue weighted by Gasteiger charge is -2.26. The highest BCUT2D eigenvalue weighted by atomic mass is 16.6. The number of amides is 1. The minimum atomic E-state index is -0.422. The fourth-order valence-electron chi connectivity index (χ4n) is 1.55. The van der Waals surface area contributed by atoms with Crippen molar-refractivity contribution in [1.82, 2.24) is 10.2 Å². The first kappa shape index (κ1) is 17.9. The molecule has 1 N–H and O–H groups in total. The summed E-state index contributed by atoms with van der Waals surface area (Å²) in [6, 6.07) is 0. The average Bonchev–Trinajstić information content (AvgIpc) is 2.47. The first-order valence-electron chi connectivity index (χ1n) is 6.94. The molecule has 22 heavy (non-hydrogen) atoms. The fourth-order valence-corrected chi connectivity index (χ4v) is 1.55. The van der Waals surface area contributed by atoms with Crippen LogP contribution >= 0.6 is 0 Å². The van der Waals surface area contributed by atoms with Crippen LogP contribution in [0.2, 0.25) is 0 Å². The van der Waals surface area contributed by atoms with Crippen molar-refractivity contribution < 1.29 is 23.8 Å². The standard InChI is InChI=1S/C15H22N2O5/c1-12(2)15(19)22-11-10-21-9-8-20-7-6-17-13(3)16-5-4-14(17)18/h4-5,16H,1,3,6-11H2,2H3. The van der Waals surface area contributed by atoms with Crippen LogP contribution in [0.5, 0.6) is 0 Å². The van der Waals surface area contributed by atoms with E-state index in [1.165, 1.54) is 11.0 Å². The van der Waals surface area contributed by atoms with E-state index in [0.29, 0.717) is 44.4 Å². The molecule has 0 saturated carbocycles. The Morgan fingerprint density at radius 1 is 1.23 bits per heavy atom. The van der Waals surface area contributed by atoms with Gasteiger partial charge in [-0.05, 0) is 6.92 Å². The summed E-state index contributed by atoms with van der Waals surface area (Å²) in [4.78, 5) is 24.1. The molecular formula is C15H22N2O5. The zero-order valence-electron chi connectivity index (χ0n) is 12.8. The predicted octanol–water partition coefficient (Wildman–Crippen LogP) is 0.556. The maximum atomic E-state index is 11.6. The van der Waals surface area contributed by atoms with Gasteiger partial charge >= 0.3 is 5.97 Å². The van der Waals surface area contributed by atoms with E-state index in [-0.39, 0.29) is 12.5 Å². The Labute approximate surface area is 130 Å². The monoisotopic (exact) mass is 310 g/mol. The number of nitrogens with one attached hydrogen (secondary N) is 1. The molecule has 0 fully saturated rings. The van der Waals surface area contributed by atoms with Crippen molar-refractivity contribution in [1.29, 1.82) is 0 Å².